The van der Waals surface area contributed by atoms with E-state index in [1.54, 1.807) is 45.4 Å². The predicted octanol–water partition coefficient (Wildman–Crippen LogP) is 5.36. The molecule has 0 radical (unpaired) electrons. The number of nitrogens with zero attached hydrogens (tertiary/aromatic N) is 3. The summed E-state index contributed by atoms with van der Waals surface area (Å²) >= 11 is 1.61. The minimum Gasteiger partial charge on any atom is -0.332 e. The molecule has 2 amide bonds. The molecule has 2 aromatic carbocycles. The van der Waals surface area contributed by atoms with Gasteiger partial charge in [-0.25, -0.2) is 4.39 Å². The van der Waals surface area contributed by atoms with Crippen LogP contribution in [0.15, 0.2) is 72.1 Å². The molecule has 5 nitrogen and oxygen atoms in total. The number of halogens is 1. The van der Waals surface area contributed by atoms with Crippen molar-refractivity contribution < 1.29 is 14.0 Å². The summed E-state index contributed by atoms with van der Waals surface area (Å²) in [5.74, 6) is -0.606. The molecule has 1 saturated heterocycles. The van der Waals surface area contributed by atoms with Crippen molar-refractivity contribution in [3.8, 4) is 0 Å². The van der Waals surface area contributed by atoms with Crippen LogP contribution in [0.25, 0.3) is 6.08 Å². The van der Waals surface area contributed by atoms with E-state index in [4.69, 9.17) is 0 Å². The summed E-state index contributed by atoms with van der Waals surface area (Å²) in [5.41, 5.74) is 2.92. The second-order valence-electron chi connectivity index (χ2n) is 9.46. The van der Waals surface area contributed by atoms with Crippen molar-refractivity contribution in [2.24, 2.45) is 0 Å². The van der Waals surface area contributed by atoms with Gasteiger partial charge in [0.05, 0.1) is 6.54 Å². The molecule has 1 aromatic heterocycles. The van der Waals surface area contributed by atoms with Crippen molar-refractivity contribution >= 4 is 29.2 Å². The molecule has 1 fully saturated rings. The molecule has 1 aliphatic heterocycles. The molecule has 4 rings (SSSR count). The molecule has 0 saturated carbocycles. The molecular weight excluding hydrogens is 485 g/mol. The molecule has 0 spiro atoms. The number of carbonyl (C=O) groups is 2. The van der Waals surface area contributed by atoms with E-state index in [2.05, 4.69) is 4.90 Å². The van der Waals surface area contributed by atoms with Crippen molar-refractivity contribution in [2.75, 3.05) is 32.7 Å². The lowest BCUT2D eigenvalue weighted by Gasteiger charge is -2.28. The number of hydrogen-bond donors (Lipinski definition) is 0. The first kappa shape index (κ1) is 26.8. The van der Waals surface area contributed by atoms with E-state index in [1.807, 2.05) is 48.7 Å². The first-order chi connectivity index (χ1) is 18.0. The molecular formula is C30H34FN3O2S. The third-order valence-electron chi connectivity index (χ3n) is 6.68. The van der Waals surface area contributed by atoms with Crippen molar-refractivity contribution in [1.29, 1.82) is 0 Å². The molecule has 2 heterocycles. The molecule has 0 N–H and O–H groups in total. The Hall–Kier alpha value is -3.29. The van der Waals surface area contributed by atoms with Gasteiger partial charge in [0.1, 0.15) is 12.4 Å². The Morgan fingerprint density at radius 2 is 1.70 bits per heavy atom. The van der Waals surface area contributed by atoms with Crippen molar-refractivity contribution in [3.05, 3.63) is 99.5 Å². The monoisotopic (exact) mass is 519 g/mol. The van der Waals surface area contributed by atoms with Crippen LogP contribution in [0.5, 0.6) is 0 Å². The van der Waals surface area contributed by atoms with Crippen molar-refractivity contribution in [2.45, 2.75) is 32.9 Å². The Morgan fingerprint density at radius 3 is 2.38 bits per heavy atom. The predicted molar refractivity (Wildman–Crippen MR) is 147 cm³/mol. The third kappa shape index (κ3) is 8.10. The quantitative estimate of drug-likeness (QED) is 0.320. The molecule has 0 aliphatic carbocycles. The molecule has 3 aromatic rings. The van der Waals surface area contributed by atoms with Gasteiger partial charge < -0.3 is 14.7 Å². The Kier molecular flexibility index (Phi) is 9.63. The van der Waals surface area contributed by atoms with E-state index in [0.29, 0.717) is 19.6 Å². The van der Waals surface area contributed by atoms with E-state index < -0.39 is 0 Å². The largest absolute Gasteiger partial charge is 0.332 e. The lowest BCUT2D eigenvalue weighted by Crippen LogP contribution is -2.44. The number of amides is 2. The average Bonchev–Trinajstić information content (AvgIpc) is 3.58. The van der Waals surface area contributed by atoms with Gasteiger partial charge in [-0.05, 0) is 79.2 Å². The number of carbonyl (C=O) groups excluding carboxylic acids is 2. The molecule has 0 bridgehead atoms. The zero-order chi connectivity index (χ0) is 26.0. The standard InChI is InChI=1S/C30H34FN3O2S/c1-24-15-20-37-28(24)22-34(21-26-9-12-27(31)13-10-26)30(36)23-33(19-18-32-16-5-6-17-32)29(35)14-11-25-7-3-2-4-8-25/h2-4,7-15,20H,5-6,16-19,21-23H2,1H3/b14-11+. The minimum atomic E-state index is -0.306. The summed E-state index contributed by atoms with van der Waals surface area (Å²) in [6.07, 6.45) is 5.69. The number of likely N-dealkylation sites (tertiary alicyclic amines) is 1. The first-order valence-electron chi connectivity index (χ1n) is 12.8. The first-order valence-corrected chi connectivity index (χ1v) is 13.7. The van der Waals surface area contributed by atoms with Crippen LogP contribution < -0.4 is 0 Å². The minimum absolute atomic E-state index is 0.00256. The maximum Gasteiger partial charge on any atom is 0.247 e. The van der Waals surface area contributed by atoms with E-state index >= 15 is 0 Å². The topological polar surface area (TPSA) is 43.9 Å². The normalized spacial score (nSPS) is 13.8. The van der Waals surface area contributed by atoms with E-state index in [9.17, 15) is 14.0 Å². The van der Waals surface area contributed by atoms with E-state index in [-0.39, 0.29) is 24.2 Å². The number of hydrogen-bond acceptors (Lipinski definition) is 4. The molecule has 0 atom stereocenters. The fourth-order valence-corrected chi connectivity index (χ4v) is 5.34. The van der Waals surface area contributed by atoms with Gasteiger partial charge in [-0.15, -0.1) is 11.3 Å². The summed E-state index contributed by atoms with van der Waals surface area (Å²) in [6.45, 7) is 6.14. The number of aryl methyl sites for hydroxylation is 1. The zero-order valence-electron chi connectivity index (χ0n) is 21.3. The summed E-state index contributed by atoms with van der Waals surface area (Å²) in [4.78, 5) is 33.8. The van der Waals surface area contributed by atoms with Gasteiger partial charge in [0, 0.05) is 30.6 Å². The fraction of sp³-hybridized carbons (Fsp3) is 0.333. The number of benzene rings is 2. The van der Waals surface area contributed by atoms with Crippen LogP contribution >= 0.6 is 11.3 Å². The third-order valence-corrected chi connectivity index (χ3v) is 7.69. The molecule has 194 valence electrons. The van der Waals surface area contributed by atoms with Gasteiger partial charge in [0.2, 0.25) is 11.8 Å². The van der Waals surface area contributed by atoms with Gasteiger partial charge in [-0.1, -0.05) is 42.5 Å². The van der Waals surface area contributed by atoms with Crippen LogP contribution in [0.2, 0.25) is 0 Å². The highest BCUT2D eigenvalue weighted by Crippen LogP contribution is 2.20. The average molecular weight is 520 g/mol. The zero-order valence-corrected chi connectivity index (χ0v) is 22.1. The summed E-state index contributed by atoms with van der Waals surface area (Å²) in [6, 6.07) is 18.0. The Morgan fingerprint density at radius 1 is 0.973 bits per heavy atom. The van der Waals surface area contributed by atoms with Crippen LogP contribution in [-0.4, -0.2) is 59.2 Å². The second kappa shape index (κ2) is 13.3. The van der Waals surface area contributed by atoms with Gasteiger partial charge in [0.15, 0.2) is 0 Å². The van der Waals surface area contributed by atoms with Gasteiger partial charge in [0.25, 0.3) is 0 Å². The van der Waals surface area contributed by atoms with Gasteiger partial charge in [-0.3, -0.25) is 9.59 Å². The summed E-state index contributed by atoms with van der Waals surface area (Å²) in [7, 11) is 0. The van der Waals surface area contributed by atoms with Crippen molar-refractivity contribution in [3.63, 3.8) is 0 Å². The Balaban J connectivity index is 1.50. The fourth-order valence-electron chi connectivity index (χ4n) is 4.42. The maximum atomic E-state index is 13.7. The van der Waals surface area contributed by atoms with E-state index in [0.717, 1.165) is 41.2 Å². The summed E-state index contributed by atoms with van der Waals surface area (Å²) < 4.78 is 13.5. The van der Waals surface area contributed by atoms with Crippen LogP contribution in [0.4, 0.5) is 4.39 Å². The molecule has 7 heteroatoms. The SMILES string of the molecule is Cc1ccsc1CN(Cc1ccc(F)cc1)C(=O)CN(CCN1CCCC1)C(=O)/C=C/c1ccccc1. The van der Waals surface area contributed by atoms with Gasteiger partial charge in [-0.2, -0.15) is 0 Å². The molecule has 0 unspecified atom stereocenters. The molecule has 37 heavy (non-hydrogen) atoms. The van der Waals surface area contributed by atoms with Crippen LogP contribution in [0, 0.1) is 12.7 Å². The van der Waals surface area contributed by atoms with E-state index in [1.165, 1.54) is 25.0 Å². The highest BCUT2D eigenvalue weighted by atomic mass is 32.1. The van der Waals surface area contributed by atoms with Crippen LogP contribution in [0.1, 0.15) is 34.4 Å². The Labute approximate surface area is 222 Å². The summed E-state index contributed by atoms with van der Waals surface area (Å²) in [5, 5.41) is 2.02. The Bertz CT molecular complexity index is 1190. The van der Waals surface area contributed by atoms with Crippen molar-refractivity contribution in [1.82, 2.24) is 14.7 Å². The highest BCUT2D eigenvalue weighted by molar-refractivity contribution is 7.10. The lowest BCUT2D eigenvalue weighted by molar-refractivity contribution is -0.139. The molecule has 1 aliphatic rings. The second-order valence-corrected chi connectivity index (χ2v) is 10.5. The smallest absolute Gasteiger partial charge is 0.247 e. The van der Waals surface area contributed by atoms with Gasteiger partial charge >= 0.3 is 0 Å². The van der Waals surface area contributed by atoms with Crippen LogP contribution in [0.3, 0.4) is 0 Å². The number of thiophene rings is 1. The lowest BCUT2D eigenvalue weighted by atomic mass is 10.2. The van der Waals surface area contributed by atoms with Crippen LogP contribution in [-0.2, 0) is 22.7 Å². The maximum absolute atomic E-state index is 13.7. The highest BCUT2D eigenvalue weighted by Gasteiger charge is 2.23. The number of rotatable bonds is 11.